The van der Waals surface area contributed by atoms with E-state index in [-0.39, 0.29) is 23.8 Å². The maximum atomic E-state index is 12.9. The summed E-state index contributed by atoms with van der Waals surface area (Å²) < 4.78 is 10.6. The topological polar surface area (TPSA) is 59.1 Å². The summed E-state index contributed by atoms with van der Waals surface area (Å²) in [4.78, 5) is 29.0. The van der Waals surface area contributed by atoms with E-state index in [0.717, 1.165) is 24.2 Å². The molecule has 3 rings (SSSR count). The summed E-state index contributed by atoms with van der Waals surface area (Å²) in [6.07, 6.45) is 2.85. The minimum atomic E-state index is -0.119. The van der Waals surface area contributed by atoms with Crippen LogP contribution >= 0.6 is 0 Å². The molecular weight excluding hydrogens is 332 g/mol. The number of methoxy groups -OCH3 is 1. The van der Waals surface area contributed by atoms with Crippen LogP contribution in [0, 0.1) is 5.92 Å². The molecule has 0 aromatic heterocycles. The maximum absolute atomic E-state index is 12.9. The van der Waals surface area contributed by atoms with Gasteiger partial charge in [0.2, 0.25) is 11.8 Å². The molecule has 1 atom stereocenters. The molecule has 1 aromatic rings. The van der Waals surface area contributed by atoms with Crippen molar-refractivity contribution in [2.75, 3.05) is 33.9 Å². The van der Waals surface area contributed by atoms with Crippen LogP contribution in [0.1, 0.15) is 31.2 Å². The number of likely N-dealkylation sites (tertiary alicyclic amines) is 1. The second kappa shape index (κ2) is 8.54. The quantitative estimate of drug-likeness (QED) is 0.807. The SMILES string of the molecule is COc1cccc(CN2C[C@H](C(=O)N(C)C3CCOCC3)CCC2=O)c1. The van der Waals surface area contributed by atoms with Crippen LogP contribution in [-0.2, 0) is 20.9 Å². The molecule has 2 aliphatic rings. The normalized spacial score (nSPS) is 21.5. The average Bonchev–Trinajstić information content (AvgIpc) is 2.69. The fraction of sp³-hybridized carbons (Fsp3) is 0.600. The molecule has 6 nitrogen and oxygen atoms in total. The molecule has 0 bridgehead atoms. The van der Waals surface area contributed by atoms with Gasteiger partial charge in [0.05, 0.1) is 13.0 Å². The molecule has 2 heterocycles. The summed E-state index contributed by atoms with van der Waals surface area (Å²) in [7, 11) is 3.52. The minimum Gasteiger partial charge on any atom is -0.497 e. The third-order valence-electron chi connectivity index (χ3n) is 5.44. The largest absolute Gasteiger partial charge is 0.497 e. The van der Waals surface area contributed by atoms with Gasteiger partial charge in [0.15, 0.2) is 0 Å². The van der Waals surface area contributed by atoms with Crippen LogP contribution in [-0.4, -0.2) is 61.6 Å². The van der Waals surface area contributed by atoms with Crippen molar-refractivity contribution in [2.45, 2.75) is 38.3 Å². The number of amides is 2. The van der Waals surface area contributed by atoms with Crippen molar-refractivity contribution in [1.29, 1.82) is 0 Å². The Labute approximate surface area is 155 Å². The van der Waals surface area contributed by atoms with Gasteiger partial charge in [0, 0.05) is 45.8 Å². The zero-order valence-electron chi connectivity index (χ0n) is 15.6. The Morgan fingerprint density at radius 2 is 2.08 bits per heavy atom. The second-order valence-corrected chi connectivity index (χ2v) is 7.15. The van der Waals surface area contributed by atoms with Crippen LogP contribution < -0.4 is 4.74 Å². The third kappa shape index (κ3) is 4.36. The van der Waals surface area contributed by atoms with Crippen molar-refractivity contribution in [2.24, 2.45) is 5.92 Å². The van der Waals surface area contributed by atoms with E-state index in [9.17, 15) is 9.59 Å². The van der Waals surface area contributed by atoms with Crippen LogP contribution in [0.5, 0.6) is 5.75 Å². The van der Waals surface area contributed by atoms with Gasteiger partial charge in [-0.25, -0.2) is 0 Å². The Morgan fingerprint density at radius 3 is 2.81 bits per heavy atom. The summed E-state index contributed by atoms with van der Waals surface area (Å²) in [6.45, 7) is 2.43. The Hall–Kier alpha value is -2.08. The van der Waals surface area contributed by atoms with Gasteiger partial charge in [-0.3, -0.25) is 9.59 Å². The van der Waals surface area contributed by atoms with Gasteiger partial charge in [-0.1, -0.05) is 12.1 Å². The first-order valence-corrected chi connectivity index (χ1v) is 9.33. The molecule has 0 spiro atoms. The van der Waals surface area contributed by atoms with Crippen molar-refractivity contribution < 1.29 is 19.1 Å². The Balaban J connectivity index is 1.63. The van der Waals surface area contributed by atoms with E-state index in [1.54, 1.807) is 12.0 Å². The number of ether oxygens (including phenoxy) is 2. The molecule has 0 unspecified atom stereocenters. The summed E-state index contributed by atoms with van der Waals surface area (Å²) in [5.74, 6) is 0.926. The zero-order valence-corrected chi connectivity index (χ0v) is 15.6. The highest BCUT2D eigenvalue weighted by molar-refractivity contribution is 5.84. The number of rotatable bonds is 5. The van der Waals surface area contributed by atoms with Gasteiger partial charge in [-0.15, -0.1) is 0 Å². The lowest BCUT2D eigenvalue weighted by Crippen LogP contribution is -2.49. The molecular formula is C20H28N2O4. The zero-order chi connectivity index (χ0) is 18.5. The lowest BCUT2D eigenvalue weighted by atomic mass is 9.94. The van der Waals surface area contributed by atoms with E-state index in [1.807, 2.05) is 36.2 Å². The molecule has 2 amide bonds. The van der Waals surface area contributed by atoms with E-state index in [2.05, 4.69) is 0 Å². The summed E-state index contributed by atoms with van der Waals surface area (Å²) in [6, 6.07) is 7.98. The van der Waals surface area contributed by atoms with E-state index in [0.29, 0.717) is 39.1 Å². The van der Waals surface area contributed by atoms with Crippen LogP contribution in [0.2, 0.25) is 0 Å². The van der Waals surface area contributed by atoms with E-state index >= 15 is 0 Å². The fourth-order valence-electron chi connectivity index (χ4n) is 3.80. The lowest BCUT2D eigenvalue weighted by molar-refractivity contribution is -0.145. The first kappa shape index (κ1) is 18.7. The Bertz CT molecular complexity index is 642. The van der Waals surface area contributed by atoms with Crippen LogP contribution in [0.15, 0.2) is 24.3 Å². The van der Waals surface area contributed by atoms with Gasteiger partial charge in [0.1, 0.15) is 5.75 Å². The highest BCUT2D eigenvalue weighted by Crippen LogP contribution is 2.24. The predicted molar refractivity (Wildman–Crippen MR) is 97.7 cm³/mol. The molecule has 0 radical (unpaired) electrons. The molecule has 1 aromatic carbocycles. The first-order chi connectivity index (χ1) is 12.6. The Morgan fingerprint density at radius 1 is 1.31 bits per heavy atom. The number of hydrogen-bond acceptors (Lipinski definition) is 4. The van der Waals surface area contributed by atoms with Crippen LogP contribution in [0.3, 0.4) is 0 Å². The van der Waals surface area contributed by atoms with Crippen molar-refractivity contribution in [3.05, 3.63) is 29.8 Å². The number of hydrogen-bond donors (Lipinski definition) is 0. The molecule has 2 saturated heterocycles. The first-order valence-electron chi connectivity index (χ1n) is 9.33. The summed E-state index contributed by atoms with van der Waals surface area (Å²) >= 11 is 0. The minimum absolute atomic E-state index is 0.116. The van der Waals surface area contributed by atoms with E-state index < -0.39 is 0 Å². The van der Waals surface area contributed by atoms with Crippen LogP contribution in [0.25, 0.3) is 0 Å². The smallest absolute Gasteiger partial charge is 0.227 e. The van der Waals surface area contributed by atoms with Gasteiger partial charge >= 0.3 is 0 Å². The molecule has 0 aliphatic carbocycles. The number of carbonyl (C=O) groups is 2. The molecule has 6 heteroatoms. The molecule has 0 N–H and O–H groups in total. The third-order valence-corrected chi connectivity index (χ3v) is 5.44. The average molecular weight is 360 g/mol. The van der Waals surface area contributed by atoms with E-state index in [1.165, 1.54) is 0 Å². The highest BCUT2D eigenvalue weighted by Gasteiger charge is 2.34. The lowest BCUT2D eigenvalue weighted by Gasteiger charge is -2.37. The highest BCUT2D eigenvalue weighted by atomic mass is 16.5. The predicted octanol–water partition coefficient (Wildman–Crippen LogP) is 2.07. The van der Waals surface area contributed by atoms with Crippen molar-refractivity contribution in [1.82, 2.24) is 9.80 Å². The fourth-order valence-corrected chi connectivity index (χ4v) is 3.80. The van der Waals surface area contributed by atoms with Gasteiger partial charge in [-0.05, 0) is 37.0 Å². The van der Waals surface area contributed by atoms with Crippen LogP contribution in [0.4, 0.5) is 0 Å². The molecule has 0 saturated carbocycles. The summed E-state index contributed by atoms with van der Waals surface area (Å²) in [5.41, 5.74) is 1.02. The Kier molecular flexibility index (Phi) is 6.14. The summed E-state index contributed by atoms with van der Waals surface area (Å²) in [5, 5.41) is 0. The van der Waals surface area contributed by atoms with E-state index in [4.69, 9.17) is 9.47 Å². The molecule has 2 aliphatic heterocycles. The standard InChI is InChI=1S/C20H28N2O4/c1-21(17-8-10-26-11-9-17)20(24)16-6-7-19(23)22(14-16)13-15-4-3-5-18(12-15)25-2/h3-5,12,16-17H,6-11,13-14H2,1-2H3/t16-/m1/s1. The van der Waals surface area contributed by atoms with Gasteiger partial charge in [0.25, 0.3) is 0 Å². The van der Waals surface area contributed by atoms with Crippen molar-refractivity contribution >= 4 is 11.8 Å². The van der Waals surface area contributed by atoms with Gasteiger partial charge in [-0.2, -0.15) is 0 Å². The maximum Gasteiger partial charge on any atom is 0.227 e. The molecule has 142 valence electrons. The van der Waals surface area contributed by atoms with Crippen molar-refractivity contribution in [3.63, 3.8) is 0 Å². The van der Waals surface area contributed by atoms with Gasteiger partial charge < -0.3 is 19.3 Å². The number of benzene rings is 1. The molecule has 2 fully saturated rings. The number of nitrogens with zero attached hydrogens (tertiary/aromatic N) is 2. The second-order valence-electron chi connectivity index (χ2n) is 7.15. The number of carbonyl (C=O) groups excluding carboxylic acids is 2. The number of piperidine rings is 1. The van der Waals surface area contributed by atoms with Crippen molar-refractivity contribution in [3.8, 4) is 5.75 Å². The monoisotopic (exact) mass is 360 g/mol. The molecule has 26 heavy (non-hydrogen) atoms.